The summed E-state index contributed by atoms with van der Waals surface area (Å²) in [5.41, 5.74) is 6.19. The second-order valence-corrected chi connectivity index (χ2v) is 5.80. The summed E-state index contributed by atoms with van der Waals surface area (Å²) >= 11 is 1.46. The zero-order valence-electron chi connectivity index (χ0n) is 10.4. The molecule has 0 saturated heterocycles. The van der Waals surface area contributed by atoms with Crippen LogP contribution in [-0.4, -0.2) is 4.98 Å². The van der Waals surface area contributed by atoms with Gasteiger partial charge in [-0.2, -0.15) is 0 Å². The van der Waals surface area contributed by atoms with E-state index < -0.39 is 0 Å². The minimum atomic E-state index is -0.305. The number of halogens is 1. The molecule has 0 amide bonds. The van der Waals surface area contributed by atoms with Crippen LogP contribution in [0.1, 0.15) is 24.3 Å². The number of anilines is 1. The van der Waals surface area contributed by atoms with Crippen molar-refractivity contribution in [2.75, 3.05) is 5.73 Å². The number of hydrogen-bond donors (Lipinski definition) is 2. The fourth-order valence-electron chi connectivity index (χ4n) is 1.69. The number of hydrogen-bond acceptors (Lipinski definition) is 4. The van der Waals surface area contributed by atoms with Gasteiger partial charge >= 0.3 is 0 Å². The average Bonchev–Trinajstić information content (AvgIpc) is 2.73. The molecular weight excluding hydrogens is 249 g/mol. The predicted molar refractivity (Wildman–Crippen MR) is 72.8 cm³/mol. The van der Waals surface area contributed by atoms with Crippen LogP contribution in [0.3, 0.4) is 0 Å². The van der Waals surface area contributed by atoms with E-state index in [2.05, 4.69) is 10.3 Å². The maximum absolute atomic E-state index is 13.2. The van der Waals surface area contributed by atoms with Gasteiger partial charge in [-0.15, -0.1) is 11.3 Å². The van der Waals surface area contributed by atoms with E-state index in [1.54, 1.807) is 18.3 Å². The molecule has 0 fully saturated rings. The topological polar surface area (TPSA) is 50.9 Å². The molecule has 0 spiro atoms. The number of nitrogens with two attached hydrogens (primary N) is 1. The Morgan fingerprint density at radius 1 is 1.44 bits per heavy atom. The number of nitrogen functional groups attached to an aromatic ring is 1. The smallest absolute Gasteiger partial charge is 0.180 e. The van der Waals surface area contributed by atoms with Crippen molar-refractivity contribution in [2.24, 2.45) is 0 Å². The Kier molecular flexibility index (Phi) is 3.63. The summed E-state index contributed by atoms with van der Waals surface area (Å²) in [7, 11) is 0. The summed E-state index contributed by atoms with van der Waals surface area (Å²) in [4.78, 5) is 5.07. The number of aromatic nitrogens is 1. The van der Waals surface area contributed by atoms with E-state index in [1.807, 2.05) is 19.9 Å². The molecule has 1 aromatic heterocycles. The lowest BCUT2D eigenvalue weighted by molar-refractivity contribution is 0.401. The van der Waals surface area contributed by atoms with Gasteiger partial charge in [0.15, 0.2) is 5.13 Å². The molecule has 96 valence electrons. The van der Waals surface area contributed by atoms with E-state index in [4.69, 9.17) is 5.73 Å². The summed E-state index contributed by atoms with van der Waals surface area (Å²) in [6.45, 7) is 4.71. The minimum absolute atomic E-state index is 0.218. The van der Waals surface area contributed by atoms with Gasteiger partial charge in [-0.1, -0.05) is 12.1 Å². The van der Waals surface area contributed by atoms with Gasteiger partial charge in [0.25, 0.3) is 0 Å². The Hall–Kier alpha value is -1.46. The molecule has 2 aromatic rings. The Morgan fingerprint density at radius 3 is 2.83 bits per heavy atom. The van der Waals surface area contributed by atoms with Crippen LogP contribution in [0.15, 0.2) is 30.5 Å². The van der Waals surface area contributed by atoms with E-state index in [0.717, 1.165) is 10.4 Å². The maximum atomic E-state index is 13.2. The van der Waals surface area contributed by atoms with Crippen LogP contribution in [0, 0.1) is 5.82 Å². The lowest BCUT2D eigenvalue weighted by atomic mass is 9.94. The second kappa shape index (κ2) is 5.04. The number of nitrogens with one attached hydrogen (secondary N) is 1. The molecule has 0 aliphatic carbocycles. The third kappa shape index (κ3) is 3.05. The average molecular weight is 265 g/mol. The molecule has 0 aliphatic heterocycles. The van der Waals surface area contributed by atoms with E-state index in [1.165, 1.54) is 17.4 Å². The van der Waals surface area contributed by atoms with E-state index in [-0.39, 0.29) is 11.4 Å². The monoisotopic (exact) mass is 265 g/mol. The van der Waals surface area contributed by atoms with Gasteiger partial charge in [-0.3, -0.25) is 0 Å². The first-order chi connectivity index (χ1) is 8.47. The predicted octanol–water partition coefficient (Wildman–Crippen LogP) is 2.89. The molecule has 0 unspecified atom stereocenters. The zero-order chi connectivity index (χ0) is 13.2. The van der Waals surface area contributed by atoms with Crippen molar-refractivity contribution in [2.45, 2.75) is 25.9 Å². The molecular formula is C13H16FN3S. The molecule has 2 rings (SSSR count). The van der Waals surface area contributed by atoms with Crippen molar-refractivity contribution in [3.63, 3.8) is 0 Å². The highest BCUT2D eigenvalue weighted by molar-refractivity contribution is 7.15. The Bertz CT molecular complexity index is 537. The van der Waals surface area contributed by atoms with Crippen molar-refractivity contribution in [1.82, 2.24) is 10.3 Å². The van der Waals surface area contributed by atoms with Crippen molar-refractivity contribution >= 4 is 16.5 Å². The molecule has 0 saturated carbocycles. The Labute approximate surface area is 110 Å². The van der Waals surface area contributed by atoms with Gasteiger partial charge in [0.05, 0.1) is 0 Å². The van der Waals surface area contributed by atoms with Crippen molar-refractivity contribution in [3.05, 3.63) is 46.7 Å². The Morgan fingerprint density at radius 2 is 2.22 bits per heavy atom. The van der Waals surface area contributed by atoms with E-state index >= 15 is 0 Å². The van der Waals surface area contributed by atoms with Crippen LogP contribution >= 0.6 is 11.3 Å². The quantitative estimate of drug-likeness (QED) is 0.893. The fourth-order valence-corrected chi connectivity index (χ4v) is 2.32. The molecule has 0 aliphatic rings. The van der Waals surface area contributed by atoms with Crippen LogP contribution in [0.25, 0.3) is 0 Å². The first-order valence-electron chi connectivity index (χ1n) is 5.68. The third-order valence-electron chi connectivity index (χ3n) is 2.82. The van der Waals surface area contributed by atoms with Crippen LogP contribution in [-0.2, 0) is 12.1 Å². The normalized spacial score (nSPS) is 11.7. The SMILES string of the molecule is CC(C)(NCc1cnc(N)s1)c1cccc(F)c1. The second-order valence-electron chi connectivity index (χ2n) is 4.65. The molecule has 3 nitrogen and oxygen atoms in total. The number of nitrogens with zero attached hydrogens (tertiary/aromatic N) is 1. The van der Waals surface area contributed by atoms with Gasteiger partial charge in [0, 0.05) is 23.2 Å². The van der Waals surface area contributed by atoms with E-state index in [9.17, 15) is 4.39 Å². The molecule has 0 bridgehead atoms. The molecule has 5 heteroatoms. The summed E-state index contributed by atoms with van der Waals surface area (Å²) in [6.07, 6.45) is 1.76. The van der Waals surface area contributed by atoms with Crippen LogP contribution in [0.2, 0.25) is 0 Å². The molecule has 0 atom stereocenters. The highest BCUT2D eigenvalue weighted by Crippen LogP contribution is 2.22. The molecule has 3 N–H and O–H groups in total. The summed E-state index contributed by atoms with van der Waals surface area (Å²) < 4.78 is 13.2. The fraction of sp³-hybridized carbons (Fsp3) is 0.308. The molecule has 18 heavy (non-hydrogen) atoms. The third-order valence-corrected chi connectivity index (χ3v) is 3.65. The largest absolute Gasteiger partial charge is 0.375 e. The summed E-state index contributed by atoms with van der Waals surface area (Å²) in [5.74, 6) is -0.218. The first kappa shape index (κ1) is 13.0. The van der Waals surface area contributed by atoms with Crippen molar-refractivity contribution in [3.8, 4) is 0 Å². The first-order valence-corrected chi connectivity index (χ1v) is 6.50. The van der Waals surface area contributed by atoms with Gasteiger partial charge in [0.2, 0.25) is 0 Å². The van der Waals surface area contributed by atoms with Gasteiger partial charge in [0.1, 0.15) is 5.82 Å². The minimum Gasteiger partial charge on any atom is -0.375 e. The van der Waals surface area contributed by atoms with Crippen LogP contribution in [0.4, 0.5) is 9.52 Å². The van der Waals surface area contributed by atoms with Crippen molar-refractivity contribution in [1.29, 1.82) is 0 Å². The van der Waals surface area contributed by atoms with E-state index in [0.29, 0.717) is 11.7 Å². The maximum Gasteiger partial charge on any atom is 0.180 e. The number of rotatable bonds is 4. The van der Waals surface area contributed by atoms with Crippen LogP contribution < -0.4 is 11.1 Å². The number of benzene rings is 1. The van der Waals surface area contributed by atoms with Gasteiger partial charge in [-0.25, -0.2) is 9.37 Å². The molecule has 0 radical (unpaired) electrons. The highest BCUT2D eigenvalue weighted by Gasteiger charge is 2.20. The van der Waals surface area contributed by atoms with Gasteiger partial charge in [-0.05, 0) is 31.5 Å². The zero-order valence-corrected chi connectivity index (χ0v) is 11.2. The lowest BCUT2D eigenvalue weighted by Gasteiger charge is -2.26. The van der Waals surface area contributed by atoms with Crippen molar-refractivity contribution < 1.29 is 4.39 Å². The number of thiazole rings is 1. The lowest BCUT2D eigenvalue weighted by Crippen LogP contribution is -2.35. The Balaban J connectivity index is 2.07. The molecule has 1 heterocycles. The summed E-state index contributed by atoms with van der Waals surface area (Å²) in [5, 5.41) is 3.95. The standard InChI is InChI=1S/C13H16FN3S/c1-13(2,9-4-3-5-10(14)6-9)17-8-11-7-16-12(15)18-11/h3-7,17H,8H2,1-2H3,(H2,15,16). The van der Waals surface area contributed by atoms with Crippen LogP contribution in [0.5, 0.6) is 0 Å². The molecule has 1 aromatic carbocycles. The highest BCUT2D eigenvalue weighted by atomic mass is 32.1. The summed E-state index contributed by atoms with van der Waals surface area (Å²) in [6, 6.07) is 6.63. The van der Waals surface area contributed by atoms with Gasteiger partial charge < -0.3 is 11.1 Å².